The van der Waals surface area contributed by atoms with Crippen molar-refractivity contribution in [3.8, 4) is 0 Å². The Morgan fingerprint density at radius 1 is 1.41 bits per heavy atom. The van der Waals surface area contributed by atoms with Gasteiger partial charge in [0.1, 0.15) is 5.82 Å². The van der Waals surface area contributed by atoms with Crippen molar-refractivity contribution >= 4 is 26.5 Å². The van der Waals surface area contributed by atoms with Gasteiger partial charge in [-0.2, -0.15) is 4.37 Å². The van der Waals surface area contributed by atoms with Gasteiger partial charge >= 0.3 is 0 Å². The molecule has 1 saturated carbocycles. The Kier molecular flexibility index (Phi) is 3.40. The van der Waals surface area contributed by atoms with E-state index in [1.54, 1.807) is 0 Å². The SMILES string of the molecule is Cc1nsc(NCC2(S(C)(=O)=O)CCCC2)n1. The number of hydrogen-bond donors (Lipinski definition) is 1. The number of hydrogen-bond acceptors (Lipinski definition) is 6. The van der Waals surface area contributed by atoms with Crippen LogP contribution >= 0.6 is 11.5 Å². The summed E-state index contributed by atoms with van der Waals surface area (Å²) in [5, 5.41) is 3.83. The van der Waals surface area contributed by atoms with Crippen molar-refractivity contribution < 1.29 is 8.42 Å². The van der Waals surface area contributed by atoms with Crippen LogP contribution in [-0.4, -0.2) is 35.3 Å². The smallest absolute Gasteiger partial charge is 0.202 e. The van der Waals surface area contributed by atoms with Crippen molar-refractivity contribution in [1.82, 2.24) is 9.36 Å². The maximum absolute atomic E-state index is 11.9. The van der Waals surface area contributed by atoms with Gasteiger partial charge in [-0.15, -0.1) is 0 Å². The average Bonchev–Trinajstić information content (AvgIpc) is 2.83. The zero-order chi connectivity index (χ0) is 12.5. The molecular formula is C10H17N3O2S2. The van der Waals surface area contributed by atoms with E-state index in [9.17, 15) is 8.42 Å². The van der Waals surface area contributed by atoms with Crippen LogP contribution in [0.2, 0.25) is 0 Å². The van der Waals surface area contributed by atoms with E-state index in [0.29, 0.717) is 11.7 Å². The molecule has 7 heteroatoms. The quantitative estimate of drug-likeness (QED) is 0.904. The fraction of sp³-hybridized carbons (Fsp3) is 0.800. The van der Waals surface area contributed by atoms with Gasteiger partial charge < -0.3 is 5.32 Å². The summed E-state index contributed by atoms with van der Waals surface area (Å²) in [7, 11) is -3.03. The highest BCUT2D eigenvalue weighted by molar-refractivity contribution is 7.92. The molecule has 5 nitrogen and oxygen atoms in total. The number of sulfone groups is 1. The van der Waals surface area contributed by atoms with Crippen LogP contribution in [0.5, 0.6) is 0 Å². The van der Waals surface area contributed by atoms with Gasteiger partial charge in [-0.3, -0.25) is 0 Å². The fourth-order valence-corrected chi connectivity index (χ4v) is 4.24. The Labute approximate surface area is 106 Å². The molecule has 1 aromatic heterocycles. The molecule has 0 unspecified atom stereocenters. The van der Waals surface area contributed by atoms with Crippen LogP contribution in [0.15, 0.2) is 0 Å². The van der Waals surface area contributed by atoms with Gasteiger partial charge in [-0.25, -0.2) is 13.4 Å². The van der Waals surface area contributed by atoms with Crippen LogP contribution < -0.4 is 5.32 Å². The van der Waals surface area contributed by atoms with Crippen molar-refractivity contribution in [3.63, 3.8) is 0 Å². The van der Waals surface area contributed by atoms with Crippen LogP contribution in [0, 0.1) is 6.92 Å². The van der Waals surface area contributed by atoms with Gasteiger partial charge in [-0.05, 0) is 19.8 Å². The van der Waals surface area contributed by atoms with E-state index < -0.39 is 14.6 Å². The molecule has 1 aliphatic carbocycles. The second kappa shape index (κ2) is 4.53. The first-order valence-corrected chi connectivity index (χ1v) is 8.33. The summed E-state index contributed by atoms with van der Waals surface area (Å²) in [4.78, 5) is 4.19. The minimum absolute atomic E-state index is 0.445. The maximum Gasteiger partial charge on any atom is 0.202 e. The largest absolute Gasteiger partial charge is 0.359 e. The molecule has 0 spiro atoms. The lowest BCUT2D eigenvalue weighted by Crippen LogP contribution is -2.41. The second-order valence-corrected chi connectivity index (χ2v) is 7.82. The third kappa shape index (κ3) is 2.60. The molecule has 0 saturated heterocycles. The van der Waals surface area contributed by atoms with Gasteiger partial charge in [0.2, 0.25) is 5.13 Å². The minimum atomic E-state index is -3.03. The van der Waals surface area contributed by atoms with E-state index in [4.69, 9.17) is 0 Å². The molecule has 1 N–H and O–H groups in total. The summed E-state index contributed by atoms with van der Waals surface area (Å²) in [6, 6.07) is 0. The lowest BCUT2D eigenvalue weighted by Gasteiger charge is -2.26. The average molecular weight is 275 g/mol. The summed E-state index contributed by atoms with van der Waals surface area (Å²) in [6.07, 6.45) is 4.81. The zero-order valence-electron chi connectivity index (χ0n) is 10.1. The van der Waals surface area contributed by atoms with E-state index in [1.807, 2.05) is 6.92 Å². The van der Waals surface area contributed by atoms with E-state index >= 15 is 0 Å². The number of nitrogens with one attached hydrogen (secondary N) is 1. The van der Waals surface area contributed by atoms with Crippen LogP contribution in [0.1, 0.15) is 31.5 Å². The van der Waals surface area contributed by atoms with Crippen LogP contribution in [-0.2, 0) is 9.84 Å². The lowest BCUT2D eigenvalue weighted by atomic mass is 10.1. The number of anilines is 1. The zero-order valence-corrected chi connectivity index (χ0v) is 11.7. The molecular weight excluding hydrogens is 258 g/mol. The van der Waals surface area contributed by atoms with Crippen molar-refractivity contribution in [2.75, 3.05) is 18.1 Å². The number of nitrogens with zero attached hydrogens (tertiary/aromatic N) is 2. The molecule has 0 radical (unpaired) electrons. The molecule has 1 heterocycles. The third-order valence-corrected chi connectivity index (χ3v) is 6.28. The van der Waals surface area contributed by atoms with E-state index in [-0.39, 0.29) is 0 Å². The first-order valence-electron chi connectivity index (χ1n) is 5.67. The highest BCUT2D eigenvalue weighted by Gasteiger charge is 2.43. The van der Waals surface area contributed by atoms with Gasteiger partial charge in [0.15, 0.2) is 9.84 Å². The topological polar surface area (TPSA) is 72.0 Å². The van der Waals surface area contributed by atoms with Crippen LogP contribution in [0.25, 0.3) is 0 Å². The molecule has 0 bridgehead atoms. The Morgan fingerprint density at radius 3 is 2.53 bits per heavy atom. The van der Waals surface area contributed by atoms with Gasteiger partial charge in [0.25, 0.3) is 0 Å². The van der Waals surface area contributed by atoms with Crippen molar-refractivity contribution in [3.05, 3.63) is 5.82 Å². The molecule has 0 atom stereocenters. The Morgan fingerprint density at radius 2 is 2.06 bits per heavy atom. The third-order valence-electron chi connectivity index (χ3n) is 3.39. The monoisotopic (exact) mass is 275 g/mol. The predicted octanol–water partition coefficient (Wildman–Crippen LogP) is 1.62. The normalized spacial score (nSPS) is 19.4. The molecule has 1 aliphatic rings. The Balaban J connectivity index is 2.10. The predicted molar refractivity (Wildman–Crippen MR) is 69.2 cm³/mol. The first kappa shape index (κ1) is 12.8. The maximum atomic E-state index is 11.9. The number of aryl methyl sites for hydroxylation is 1. The van der Waals surface area contributed by atoms with Gasteiger partial charge in [0.05, 0.1) is 4.75 Å². The molecule has 0 aromatic carbocycles. The van der Waals surface area contributed by atoms with Crippen molar-refractivity contribution in [1.29, 1.82) is 0 Å². The fourth-order valence-electron chi connectivity index (χ4n) is 2.30. The Bertz CT molecular complexity index is 489. The molecule has 0 amide bonds. The van der Waals surface area contributed by atoms with E-state index in [1.165, 1.54) is 17.8 Å². The van der Waals surface area contributed by atoms with Gasteiger partial charge in [-0.1, -0.05) is 12.8 Å². The van der Waals surface area contributed by atoms with Crippen LogP contribution in [0.3, 0.4) is 0 Å². The Hall–Kier alpha value is -0.690. The first-order chi connectivity index (χ1) is 7.93. The van der Waals surface area contributed by atoms with Crippen molar-refractivity contribution in [2.24, 2.45) is 0 Å². The van der Waals surface area contributed by atoms with Gasteiger partial charge in [0, 0.05) is 24.3 Å². The molecule has 96 valence electrons. The molecule has 17 heavy (non-hydrogen) atoms. The standard InChI is InChI=1S/C10H17N3O2S2/c1-8-12-9(16-13-8)11-7-10(17(2,14)15)5-3-4-6-10/h3-7H2,1-2H3,(H,11,12,13). The van der Waals surface area contributed by atoms with E-state index in [2.05, 4.69) is 14.7 Å². The molecule has 0 aliphatic heterocycles. The van der Waals surface area contributed by atoms with Crippen molar-refractivity contribution in [2.45, 2.75) is 37.4 Å². The highest BCUT2D eigenvalue weighted by Crippen LogP contribution is 2.36. The van der Waals surface area contributed by atoms with Crippen LogP contribution in [0.4, 0.5) is 5.13 Å². The summed E-state index contributed by atoms with van der Waals surface area (Å²) in [6.45, 7) is 2.27. The lowest BCUT2D eigenvalue weighted by molar-refractivity contribution is 0.528. The molecule has 2 rings (SSSR count). The second-order valence-electron chi connectivity index (χ2n) is 4.66. The number of aromatic nitrogens is 2. The highest BCUT2D eigenvalue weighted by atomic mass is 32.2. The number of rotatable bonds is 4. The molecule has 1 aromatic rings. The molecule has 1 fully saturated rings. The minimum Gasteiger partial charge on any atom is -0.359 e. The summed E-state index contributed by atoms with van der Waals surface area (Å²) < 4.78 is 27.3. The summed E-state index contributed by atoms with van der Waals surface area (Å²) in [5.74, 6) is 0.720. The summed E-state index contributed by atoms with van der Waals surface area (Å²) in [5.41, 5.74) is 0. The van der Waals surface area contributed by atoms with E-state index in [0.717, 1.165) is 31.5 Å². The summed E-state index contributed by atoms with van der Waals surface area (Å²) >= 11 is 1.28.